The summed E-state index contributed by atoms with van der Waals surface area (Å²) >= 11 is 0. The highest BCUT2D eigenvalue weighted by Gasteiger charge is 2.06. The predicted molar refractivity (Wildman–Crippen MR) is 73.2 cm³/mol. The molecule has 2 amide bonds. The number of nitrogens with one attached hydrogen (secondary N) is 3. The lowest BCUT2D eigenvalue weighted by atomic mass is 10.4. The molecular formula is C12H24N4O3. The van der Waals surface area contributed by atoms with E-state index in [-0.39, 0.29) is 17.7 Å². The first-order valence-corrected chi connectivity index (χ1v) is 6.31. The Hall–Kier alpha value is -1.63. The summed E-state index contributed by atoms with van der Waals surface area (Å²) in [6.45, 7) is 8.08. The maximum absolute atomic E-state index is 10.8. The van der Waals surface area contributed by atoms with E-state index in [0.29, 0.717) is 39.3 Å². The summed E-state index contributed by atoms with van der Waals surface area (Å²) in [4.78, 5) is 23.6. The summed E-state index contributed by atoms with van der Waals surface area (Å²) in [6, 6.07) is 0. The summed E-state index contributed by atoms with van der Waals surface area (Å²) in [6.07, 6.45) is 0. The van der Waals surface area contributed by atoms with Gasteiger partial charge >= 0.3 is 0 Å². The van der Waals surface area contributed by atoms with Crippen LogP contribution in [0.5, 0.6) is 0 Å². The van der Waals surface area contributed by atoms with E-state index in [4.69, 9.17) is 10.1 Å². The first-order chi connectivity index (χ1) is 8.91. The van der Waals surface area contributed by atoms with Crippen LogP contribution in [0.2, 0.25) is 0 Å². The summed E-state index contributed by atoms with van der Waals surface area (Å²) in [5, 5.41) is 12.6. The van der Waals surface area contributed by atoms with Crippen LogP contribution in [0, 0.1) is 5.41 Å². The number of carbonyl (C=O) groups excluding carboxylic acids is 2. The molecule has 0 aromatic carbocycles. The zero-order valence-electron chi connectivity index (χ0n) is 11.9. The van der Waals surface area contributed by atoms with Crippen molar-refractivity contribution in [1.82, 2.24) is 15.5 Å². The van der Waals surface area contributed by atoms with Crippen LogP contribution in [0.3, 0.4) is 0 Å². The zero-order chi connectivity index (χ0) is 14.7. The molecule has 7 nitrogen and oxygen atoms in total. The molecule has 0 saturated heterocycles. The number of ether oxygens (including phenoxy) is 1. The smallest absolute Gasteiger partial charge is 0.216 e. The predicted octanol–water partition coefficient (Wildman–Crippen LogP) is -0.426. The van der Waals surface area contributed by atoms with Crippen molar-refractivity contribution in [2.75, 3.05) is 39.3 Å². The van der Waals surface area contributed by atoms with Crippen LogP contribution in [0.1, 0.15) is 20.8 Å². The van der Waals surface area contributed by atoms with Crippen molar-refractivity contribution < 1.29 is 14.3 Å². The quantitative estimate of drug-likeness (QED) is 0.392. The molecule has 110 valence electrons. The van der Waals surface area contributed by atoms with Crippen molar-refractivity contribution in [3.63, 3.8) is 0 Å². The fourth-order valence-corrected chi connectivity index (χ4v) is 1.44. The van der Waals surface area contributed by atoms with Gasteiger partial charge in [0.25, 0.3) is 0 Å². The summed E-state index contributed by atoms with van der Waals surface area (Å²) in [5.41, 5.74) is 0. The number of nitrogens with zero attached hydrogens (tertiary/aromatic N) is 1. The summed E-state index contributed by atoms with van der Waals surface area (Å²) in [7, 11) is 0. The average Bonchev–Trinajstić information content (AvgIpc) is 2.26. The highest BCUT2D eigenvalue weighted by atomic mass is 16.5. The highest BCUT2D eigenvalue weighted by Crippen LogP contribution is 1.89. The van der Waals surface area contributed by atoms with Crippen LogP contribution in [0.15, 0.2) is 0 Å². The van der Waals surface area contributed by atoms with Crippen LogP contribution >= 0.6 is 0 Å². The van der Waals surface area contributed by atoms with E-state index in [2.05, 4.69) is 15.5 Å². The second kappa shape index (κ2) is 10.3. The van der Waals surface area contributed by atoms with Crippen LogP contribution in [-0.2, 0) is 14.3 Å². The number of rotatable bonds is 9. The molecule has 0 aromatic rings. The van der Waals surface area contributed by atoms with Crippen molar-refractivity contribution >= 4 is 17.7 Å². The third-order valence-corrected chi connectivity index (χ3v) is 2.33. The number of carbonyl (C=O) groups is 2. The van der Waals surface area contributed by atoms with Crippen molar-refractivity contribution in [1.29, 1.82) is 5.41 Å². The molecule has 3 N–H and O–H groups in total. The van der Waals surface area contributed by atoms with E-state index < -0.39 is 0 Å². The van der Waals surface area contributed by atoms with Gasteiger partial charge in [0.2, 0.25) is 11.8 Å². The van der Waals surface area contributed by atoms with Crippen molar-refractivity contribution in [2.24, 2.45) is 0 Å². The Kier molecular flexibility index (Phi) is 9.42. The van der Waals surface area contributed by atoms with Crippen molar-refractivity contribution in [3.8, 4) is 0 Å². The molecule has 19 heavy (non-hydrogen) atoms. The van der Waals surface area contributed by atoms with Gasteiger partial charge in [0, 0.05) is 53.5 Å². The Bertz CT molecular complexity index is 260. The Morgan fingerprint density at radius 2 is 1.47 bits per heavy atom. The second-order valence-corrected chi connectivity index (χ2v) is 4.21. The molecule has 7 heteroatoms. The Labute approximate surface area is 114 Å². The third kappa shape index (κ3) is 12.6. The van der Waals surface area contributed by atoms with E-state index in [1.54, 1.807) is 6.92 Å². The molecule has 0 heterocycles. The van der Waals surface area contributed by atoms with Gasteiger partial charge in [-0.05, 0) is 0 Å². The van der Waals surface area contributed by atoms with Crippen LogP contribution < -0.4 is 10.6 Å². The minimum Gasteiger partial charge on any atom is -0.480 e. The first kappa shape index (κ1) is 17.4. The molecule has 0 radical (unpaired) electrons. The van der Waals surface area contributed by atoms with Gasteiger partial charge in [0.05, 0.1) is 0 Å². The molecule has 0 aromatic heterocycles. The fourth-order valence-electron chi connectivity index (χ4n) is 1.44. The monoisotopic (exact) mass is 272 g/mol. The third-order valence-electron chi connectivity index (χ3n) is 2.33. The van der Waals surface area contributed by atoms with E-state index >= 15 is 0 Å². The number of amides is 2. The minimum atomic E-state index is -0.0617. The standard InChI is InChI=1S/C12H24N4O3/c1-10(13)19-9-8-16(6-4-14-11(2)17)7-5-15-12(3)18/h13H,4-9H2,1-3H3,(H,14,17)(H,15,18). The molecule has 0 aliphatic carbocycles. The van der Waals surface area contributed by atoms with Gasteiger partial charge in [-0.15, -0.1) is 0 Å². The Balaban J connectivity index is 3.94. The van der Waals surface area contributed by atoms with Gasteiger partial charge in [-0.1, -0.05) is 0 Å². The van der Waals surface area contributed by atoms with Crippen LogP contribution in [0.25, 0.3) is 0 Å². The topological polar surface area (TPSA) is 94.5 Å². The molecular weight excluding hydrogens is 248 g/mol. The lowest BCUT2D eigenvalue weighted by Crippen LogP contribution is -2.40. The lowest BCUT2D eigenvalue weighted by molar-refractivity contribution is -0.119. The Morgan fingerprint density at radius 1 is 1.00 bits per heavy atom. The Morgan fingerprint density at radius 3 is 1.84 bits per heavy atom. The van der Waals surface area contributed by atoms with Gasteiger partial charge in [-0.25, -0.2) is 0 Å². The van der Waals surface area contributed by atoms with Crippen molar-refractivity contribution in [3.05, 3.63) is 0 Å². The van der Waals surface area contributed by atoms with Gasteiger partial charge < -0.3 is 15.4 Å². The SMILES string of the molecule is CC(=N)OCCN(CCNC(C)=O)CCNC(C)=O. The fraction of sp³-hybridized carbons (Fsp3) is 0.750. The van der Waals surface area contributed by atoms with Gasteiger partial charge in [-0.2, -0.15) is 0 Å². The molecule has 0 fully saturated rings. The van der Waals surface area contributed by atoms with Gasteiger partial charge in [-0.3, -0.25) is 19.9 Å². The zero-order valence-corrected chi connectivity index (χ0v) is 11.9. The van der Waals surface area contributed by atoms with E-state index in [1.165, 1.54) is 13.8 Å². The van der Waals surface area contributed by atoms with Gasteiger partial charge in [0.15, 0.2) is 5.90 Å². The van der Waals surface area contributed by atoms with Gasteiger partial charge in [0.1, 0.15) is 6.61 Å². The van der Waals surface area contributed by atoms with Crippen LogP contribution in [-0.4, -0.2) is 61.9 Å². The second-order valence-electron chi connectivity index (χ2n) is 4.21. The lowest BCUT2D eigenvalue weighted by Gasteiger charge is -2.22. The first-order valence-electron chi connectivity index (χ1n) is 6.31. The number of hydrogen-bond donors (Lipinski definition) is 3. The summed E-state index contributed by atoms with van der Waals surface area (Å²) in [5.74, 6) is 0.0606. The molecule has 0 atom stereocenters. The molecule has 0 saturated carbocycles. The van der Waals surface area contributed by atoms with E-state index in [9.17, 15) is 9.59 Å². The van der Waals surface area contributed by atoms with Crippen LogP contribution in [0.4, 0.5) is 0 Å². The summed E-state index contributed by atoms with van der Waals surface area (Å²) < 4.78 is 5.09. The van der Waals surface area contributed by atoms with E-state index in [1.807, 2.05) is 0 Å². The molecule has 0 rings (SSSR count). The minimum absolute atomic E-state index is 0.0617. The van der Waals surface area contributed by atoms with Crippen molar-refractivity contribution in [2.45, 2.75) is 20.8 Å². The molecule has 0 bridgehead atoms. The maximum atomic E-state index is 10.8. The highest BCUT2D eigenvalue weighted by molar-refractivity contribution is 5.73. The average molecular weight is 272 g/mol. The normalized spacial score (nSPS) is 10.1. The maximum Gasteiger partial charge on any atom is 0.216 e. The number of hydrogen-bond acceptors (Lipinski definition) is 5. The van der Waals surface area contributed by atoms with E-state index in [0.717, 1.165) is 0 Å². The molecule has 0 aliphatic heterocycles. The molecule has 0 unspecified atom stereocenters. The molecule has 0 spiro atoms. The largest absolute Gasteiger partial charge is 0.480 e. The molecule has 0 aliphatic rings.